The van der Waals surface area contributed by atoms with Crippen molar-refractivity contribution in [3.05, 3.63) is 70.1 Å². The second kappa shape index (κ2) is 9.05. The number of hydrogen-bond acceptors (Lipinski definition) is 6. The summed E-state index contributed by atoms with van der Waals surface area (Å²) in [6, 6.07) is 13.5. The van der Waals surface area contributed by atoms with Crippen molar-refractivity contribution in [3.8, 4) is 11.5 Å². The summed E-state index contributed by atoms with van der Waals surface area (Å²) in [6.45, 7) is 3.90. The van der Waals surface area contributed by atoms with Gasteiger partial charge in [-0.15, -0.1) is 0 Å². The number of fused-ring (bicyclic) bond motifs is 1. The molecule has 7 heteroatoms. The SMILES string of the molecule is CCNC(=O)c1cc2ccc(OC(=O)COc3ccccc3CC)cc2oc1=O. The molecule has 7 nitrogen and oxygen atoms in total. The molecule has 3 rings (SSSR count). The van der Waals surface area contributed by atoms with E-state index in [2.05, 4.69) is 5.32 Å². The van der Waals surface area contributed by atoms with Gasteiger partial charge >= 0.3 is 11.6 Å². The van der Waals surface area contributed by atoms with Gasteiger partial charge in [-0.2, -0.15) is 0 Å². The minimum Gasteiger partial charge on any atom is -0.482 e. The molecular weight excluding hydrogens is 374 g/mol. The maximum atomic E-state index is 12.1. The standard InChI is InChI=1S/C22H21NO6/c1-3-14-7-5-6-8-18(14)27-13-20(24)28-16-10-9-15-11-17(21(25)23-4-2)22(26)29-19(15)12-16/h5-12H,3-4,13H2,1-2H3,(H,23,25). The summed E-state index contributed by atoms with van der Waals surface area (Å²) in [4.78, 5) is 36.1. The second-order valence-electron chi connectivity index (χ2n) is 6.23. The van der Waals surface area contributed by atoms with E-state index < -0.39 is 17.5 Å². The van der Waals surface area contributed by atoms with Gasteiger partial charge in [0, 0.05) is 18.0 Å². The molecule has 0 atom stereocenters. The van der Waals surface area contributed by atoms with E-state index in [9.17, 15) is 14.4 Å². The highest BCUT2D eigenvalue weighted by Crippen LogP contribution is 2.21. The predicted octanol–water partition coefficient (Wildman–Crippen LogP) is 3.09. The summed E-state index contributed by atoms with van der Waals surface area (Å²) < 4.78 is 16.0. The van der Waals surface area contributed by atoms with Gasteiger partial charge in [-0.05, 0) is 43.2 Å². The van der Waals surface area contributed by atoms with Crippen LogP contribution in [0.25, 0.3) is 11.0 Å². The number of esters is 1. The van der Waals surface area contributed by atoms with Gasteiger partial charge in [0.15, 0.2) is 6.61 Å². The smallest absolute Gasteiger partial charge is 0.349 e. The van der Waals surface area contributed by atoms with E-state index >= 15 is 0 Å². The Kier molecular flexibility index (Phi) is 6.29. The molecule has 29 heavy (non-hydrogen) atoms. The number of carbonyl (C=O) groups is 2. The van der Waals surface area contributed by atoms with Gasteiger partial charge in [-0.25, -0.2) is 9.59 Å². The van der Waals surface area contributed by atoms with Crippen LogP contribution in [0.2, 0.25) is 0 Å². The molecule has 1 amide bonds. The van der Waals surface area contributed by atoms with Gasteiger partial charge in [-0.3, -0.25) is 4.79 Å². The van der Waals surface area contributed by atoms with Crippen LogP contribution in [0.1, 0.15) is 29.8 Å². The van der Waals surface area contributed by atoms with E-state index in [0.29, 0.717) is 17.7 Å². The van der Waals surface area contributed by atoms with E-state index in [0.717, 1.165) is 12.0 Å². The van der Waals surface area contributed by atoms with Crippen molar-refractivity contribution in [1.29, 1.82) is 0 Å². The zero-order valence-corrected chi connectivity index (χ0v) is 16.2. The van der Waals surface area contributed by atoms with Crippen LogP contribution in [-0.4, -0.2) is 25.0 Å². The van der Waals surface area contributed by atoms with Crippen LogP contribution in [0.3, 0.4) is 0 Å². The molecule has 0 spiro atoms. The summed E-state index contributed by atoms with van der Waals surface area (Å²) in [5.41, 5.74) is 0.375. The van der Waals surface area contributed by atoms with Gasteiger partial charge in [0.05, 0.1) is 0 Å². The number of benzene rings is 2. The minimum atomic E-state index is -0.758. The lowest BCUT2D eigenvalue weighted by atomic mass is 10.1. The number of rotatable bonds is 7. The predicted molar refractivity (Wildman–Crippen MR) is 107 cm³/mol. The van der Waals surface area contributed by atoms with Gasteiger partial charge < -0.3 is 19.2 Å². The first kappa shape index (κ1) is 20.1. The third-order valence-electron chi connectivity index (χ3n) is 4.22. The Morgan fingerprint density at radius 2 is 1.86 bits per heavy atom. The van der Waals surface area contributed by atoms with Crippen molar-refractivity contribution < 1.29 is 23.5 Å². The minimum absolute atomic E-state index is 0.0768. The first-order valence-electron chi connectivity index (χ1n) is 9.29. The molecule has 1 heterocycles. The summed E-state index contributed by atoms with van der Waals surface area (Å²) in [7, 11) is 0. The molecule has 3 aromatic rings. The quantitative estimate of drug-likeness (QED) is 0.375. The number of ether oxygens (including phenoxy) is 2. The number of carbonyl (C=O) groups excluding carboxylic acids is 2. The van der Waals surface area contributed by atoms with Crippen molar-refractivity contribution in [3.63, 3.8) is 0 Å². The molecule has 0 fully saturated rings. The Labute approximate surface area is 167 Å². The average Bonchev–Trinajstić information content (AvgIpc) is 2.72. The second-order valence-corrected chi connectivity index (χ2v) is 6.23. The Balaban J connectivity index is 1.71. The first-order chi connectivity index (χ1) is 14.0. The third kappa shape index (κ3) is 4.82. The van der Waals surface area contributed by atoms with Crippen LogP contribution in [-0.2, 0) is 11.2 Å². The molecule has 0 aliphatic heterocycles. The largest absolute Gasteiger partial charge is 0.482 e. The third-order valence-corrected chi connectivity index (χ3v) is 4.22. The molecule has 1 aromatic heterocycles. The molecule has 0 bridgehead atoms. The molecule has 0 aliphatic carbocycles. The molecule has 2 aromatic carbocycles. The fourth-order valence-electron chi connectivity index (χ4n) is 2.80. The first-order valence-corrected chi connectivity index (χ1v) is 9.29. The summed E-state index contributed by atoms with van der Waals surface area (Å²) >= 11 is 0. The van der Waals surface area contributed by atoms with Crippen molar-refractivity contribution in [2.24, 2.45) is 0 Å². The Morgan fingerprint density at radius 1 is 1.07 bits per heavy atom. The lowest BCUT2D eigenvalue weighted by Gasteiger charge is -2.10. The van der Waals surface area contributed by atoms with Gasteiger partial charge in [0.25, 0.3) is 5.91 Å². The van der Waals surface area contributed by atoms with E-state index in [-0.39, 0.29) is 23.5 Å². The van der Waals surface area contributed by atoms with Gasteiger partial charge in [0.2, 0.25) is 0 Å². The monoisotopic (exact) mass is 395 g/mol. The van der Waals surface area contributed by atoms with Crippen LogP contribution < -0.4 is 20.4 Å². The van der Waals surface area contributed by atoms with Gasteiger partial charge in [-0.1, -0.05) is 25.1 Å². The number of aryl methyl sites for hydroxylation is 1. The van der Waals surface area contributed by atoms with Crippen LogP contribution in [0.5, 0.6) is 11.5 Å². The van der Waals surface area contributed by atoms with Crippen LogP contribution in [0, 0.1) is 0 Å². The zero-order chi connectivity index (χ0) is 20.8. The molecule has 0 saturated carbocycles. The summed E-state index contributed by atoms with van der Waals surface area (Å²) in [5, 5.41) is 3.10. The zero-order valence-electron chi connectivity index (χ0n) is 16.2. The Bertz CT molecular complexity index is 1100. The van der Waals surface area contributed by atoms with E-state index in [4.69, 9.17) is 13.9 Å². The van der Waals surface area contributed by atoms with Crippen LogP contribution >= 0.6 is 0 Å². The van der Waals surface area contributed by atoms with Crippen molar-refractivity contribution in [2.75, 3.05) is 13.2 Å². The number of para-hydroxylation sites is 1. The Morgan fingerprint density at radius 3 is 2.62 bits per heavy atom. The highest BCUT2D eigenvalue weighted by atomic mass is 16.6. The fourth-order valence-corrected chi connectivity index (χ4v) is 2.80. The van der Waals surface area contributed by atoms with E-state index in [1.54, 1.807) is 25.1 Å². The highest BCUT2D eigenvalue weighted by Gasteiger charge is 2.14. The Hall–Kier alpha value is -3.61. The van der Waals surface area contributed by atoms with Crippen molar-refractivity contribution >= 4 is 22.8 Å². The maximum absolute atomic E-state index is 12.1. The molecule has 150 valence electrons. The van der Waals surface area contributed by atoms with Crippen LogP contribution in [0.4, 0.5) is 0 Å². The topological polar surface area (TPSA) is 94.8 Å². The summed E-state index contributed by atoms with van der Waals surface area (Å²) in [5.74, 6) is -0.238. The summed E-state index contributed by atoms with van der Waals surface area (Å²) in [6.07, 6.45) is 0.785. The molecule has 1 N–H and O–H groups in total. The average molecular weight is 395 g/mol. The normalized spacial score (nSPS) is 10.6. The molecular formula is C22H21NO6. The number of hydrogen-bond donors (Lipinski definition) is 1. The highest BCUT2D eigenvalue weighted by molar-refractivity contribution is 5.96. The molecule has 0 saturated heterocycles. The maximum Gasteiger partial charge on any atom is 0.349 e. The van der Waals surface area contributed by atoms with E-state index in [1.165, 1.54) is 12.1 Å². The van der Waals surface area contributed by atoms with Crippen molar-refractivity contribution in [1.82, 2.24) is 5.32 Å². The number of nitrogens with one attached hydrogen (secondary N) is 1. The van der Waals surface area contributed by atoms with Gasteiger partial charge in [0.1, 0.15) is 22.6 Å². The van der Waals surface area contributed by atoms with E-state index in [1.807, 2.05) is 25.1 Å². The van der Waals surface area contributed by atoms with Crippen molar-refractivity contribution in [2.45, 2.75) is 20.3 Å². The lowest BCUT2D eigenvalue weighted by Crippen LogP contribution is -2.27. The molecule has 0 radical (unpaired) electrons. The number of amides is 1. The molecule has 0 unspecified atom stereocenters. The van der Waals surface area contributed by atoms with Crippen LogP contribution in [0.15, 0.2) is 57.7 Å². The molecule has 0 aliphatic rings. The lowest BCUT2D eigenvalue weighted by molar-refractivity contribution is -0.136. The fraction of sp³-hybridized carbons (Fsp3) is 0.227.